The number of nitrogens with zero attached hydrogens (tertiary/aromatic N) is 1. The van der Waals surface area contributed by atoms with Crippen molar-refractivity contribution in [3.05, 3.63) is 24.1 Å². The Balaban J connectivity index is 2.00. The molecule has 0 unspecified atom stereocenters. The Morgan fingerprint density at radius 1 is 1.43 bits per heavy atom. The first-order chi connectivity index (χ1) is 6.81. The third kappa shape index (κ3) is 1.35. The van der Waals surface area contributed by atoms with Gasteiger partial charge in [-0.2, -0.15) is 0 Å². The third-order valence-electron chi connectivity index (χ3n) is 2.44. The van der Waals surface area contributed by atoms with E-state index in [1.54, 1.807) is 0 Å². The van der Waals surface area contributed by atoms with Gasteiger partial charge in [-0.15, -0.1) is 0 Å². The molecular formula is C11H12N2O. The molecule has 1 aliphatic carbocycles. The molecule has 1 aliphatic rings. The smallest absolute Gasteiger partial charge is 0.192 e. The molecule has 2 aromatic rings. The number of benzene rings is 1. The SMILES string of the molecule is Cc1nc2ccc(NC3CC3)cc2o1. The average molecular weight is 188 g/mol. The zero-order chi connectivity index (χ0) is 9.54. The topological polar surface area (TPSA) is 38.1 Å². The van der Waals surface area contributed by atoms with E-state index in [-0.39, 0.29) is 0 Å². The number of aromatic nitrogens is 1. The lowest BCUT2D eigenvalue weighted by Crippen LogP contribution is -1.99. The number of fused-ring (bicyclic) bond motifs is 1. The fourth-order valence-corrected chi connectivity index (χ4v) is 1.59. The molecule has 72 valence electrons. The van der Waals surface area contributed by atoms with Crippen molar-refractivity contribution < 1.29 is 4.42 Å². The van der Waals surface area contributed by atoms with Crippen molar-refractivity contribution in [3.8, 4) is 0 Å². The lowest BCUT2D eigenvalue weighted by molar-refractivity contribution is 0.561. The number of aryl methyl sites for hydroxylation is 1. The summed E-state index contributed by atoms with van der Waals surface area (Å²) in [5.74, 6) is 0.726. The second-order valence-corrected chi connectivity index (χ2v) is 3.83. The number of rotatable bonds is 2. The number of nitrogens with one attached hydrogen (secondary N) is 1. The molecule has 3 nitrogen and oxygen atoms in total. The van der Waals surface area contributed by atoms with Gasteiger partial charge in [-0.1, -0.05) is 0 Å². The molecule has 1 heterocycles. The minimum Gasteiger partial charge on any atom is -0.441 e. The highest BCUT2D eigenvalue weighted by Gasteiger charge is 2.20. The predicted octanol–water partition coefficient (Wildman–Crippen LogP) is 2.71. The molecule has 0 amide bonds. The van der Waals surface area contributed by atoms with Crippen molar-refractivity contribution >= 4 is 16.8 Å². The Bertz CT molecular complexity index is 471. The lowest BCUT2D eigenvalue weighted by Gasteiger charge is -2.02. The van der Waals surface area contributed by atoms with Crippen molar-refractivity contribution in [1.29, 1.82) is 0 Å². The van der Waals surface area contributed by atoms with E-state index in [4.69, 9.17) is 4.42 Å². The van der Waals surface area contributed by atoms with E-state index in [0.717, 1.165) is 22.7 Å². The fourth-order valence-electron chi connectivity index (χ4n) is 1.59. The van der Waals surface area contributed by atoms with E-state index in [1.165, 1.54) is 12.8 Å². The second kappa shape index (κ2) is 2.74. The van der Waals surface area contributed by atoms with Crippen LogP contribution >= 0.6 is 0 Å². The first-order valence-corrected chi connectivity index (χ1v) is 4.95. The Hall–Kier alpha value is -1.51. The quantitative estimate of drug-likeness (QED) is 0.787. The summed E-state index contributed by atoms with van der Waals surface area (Å²) in [5.41, 5.74) is 2.94. The van der Waals surface area contributed by atoms with Crippen LogP contribution in [0.5, 0.6) is 0 Å². The van der Waals surface area contributed by atoms with E-state index >= 15 is 0 Å². The van der Waals surface area contributed by atoms with Crippen LogP contribution < -0.4 is 5.32 Å². The first-order valence-electron chi connectivity index (χ1n) is 4.95. The lowest BCUT2D eigenvalue weighted by atomic mass is 10.3. The van der Waals surface area contributed by atoms with Gasteiger partial charge in [0.05, 0.1) is 0 Å². The number of hydrogen-bond donors (Lipinski definition) is 1. The summed E-state index contributed by atoms with van der Waals surface area (Å²) in [5, 5.41) is 3.43. The highest BCUT2D eigenvalue weighted by Crippen LogP contribution is 2.26. The van der Waals surface area contributed by atoms with Gasteiger partial charge in [-0.05, 0) is 25.0 Å². The molecule has 0 bridgehead atoms. The maximum absolute atomic E-state index is 5.46. The first kappa shape index (κ1) is 7.85. The van der Waals surface area contributed by atoms with Gasteiger partial charge >= 0.3 is 0 Å². The van der Waals surface area contributed by atoms with E-state index in [1.807, 2.05) is 19.1 Å². The number of hydrogen-bond acceptors (Lipinski definition) is 3. The molecule has 14 heavy (non-hydrogen) atoms. The standard InChI is InChI=1S/C11H12N2O/c1-7-12-10-5-4-9(6-11(10)14-7)13-8-2-3-8/h4-6,8,13H,2-3H2,1H3. The fraction of sp³-hybridized carbons (Fsp3) is 0.364. The van der Waals surface area contributed by atoms with Crippen LogP contribution in [0.25, 0.3) is 11.1 Å². The van der Waals surface area contributed by atoms with Crippen LogP contribution in [0.4, 0.5) is 5.69 Å². The van der Waals surface area contributed by atoms with Crippen molar-refractivity contribution in [3.63, 3.8) is 0 Å². The maximum Gasteiger partial charge on any atom is 0.192 e. The van der Waals surface area contributed by atoms with Gasteiger partial charge < -0.3 is 9.73 Å². The van der Waals surface area contributed by atoms with Crippen molar-refractivity contribution in [2.45, 2.75) is 25.8 Å². The minimum atomic E-state index is 0.677. The second-order valence-electron chi connectivity index (χ2n) is 3.83. The van der Waals surface area contributed by atoms with Gasteiger partial charge in [0.2, 0.25) is 0 Å². The van der Waals surface area contributed by atoms with Gasteiger partial charge in [0.25, 0.3) is 0 Å². The van der Waals surface area contributed by atoms with Crippen LogP contribution in [0, 0.1) is 6.92 Å². The zero-order valence-corrected chi connectivity index (χ0v) is 8.08. The van der Waals surface area contributed by atoms with Crippen LogP contribution in [0.2, 0.25) is 0 Å². The molecule has 1 aromatic carbocycles. The van der Waals surface area contributed by atoms with Crippen LogP contribution in [0.1, 0.15) is 18.7 Å². The molecule has 0 atom stereocenters. The Kier molecular flexibility index (Phi) is 1.54. The zero-order valence-electron chi connectivity index (χ0n) is 8.08. The highest BCUT2D eigenvalue weighted by molar-refractivity contribution is 5.77. The van der Waals surface area contributed by atoms with Crippen molar-refractivity contribution in [2.75, 3.05) is 5.32 Å². The molecule has 3 heteroatoms. The molecular weight excluding hydrogens is 176 g/mol. The Labute approximate surface area is 82.1 Å². The molecule has 0 radical (unpaired) electrons. The Morgan fingerprint density at radius 3 is 3.07 bits per heavy atom. The normalized spacial score (nSPS) is 16.1. The number of anilines is 1. The predicted molar refractivity (Wildman–Crippen MR) is 55.4 cm³/mol. The molecule has 1 saturated carbocycles. The molecule has 0 aliphatic heterocycles. The summed E-state index contributed by atoms with van der Waals surface area (Å²) in [4.78, 5) is 4.25. The summed E-state index contributed by atoms with van der Waals surface area (Å²) in [6.07, 6.45) is 2.57. The molecule has 0 saturated heterocycles. The minimum absolute atomic E-state index is 0.677. The molecule has 1 aromatic heterocycles. The van der Waals surface area contributed by atoms with Crippen LogP contribution in [0.3, 0.4) is 0 Å². The maximum atomic E-state index is 5.46. The van der Waals surface area contributed by atoms with E-state index in [9.17, 15) is 0 Å². The van der Waals surface area contributed by atoms with Gasteiger partial charge in [-0.3, -0.25) is 0 Å². The summed E-state index contributed by atoms with van der Waals surface area (Å²) in [6, 6.07) is 6.75. The summed E-state index contributed by atoms with van der Waals surface area (Å²) in [7, 11) is 0. The van der Waals surface area contributed by atoms with Crippen molar-refractivity contribution in [2.24, 2.45) is 0 Å². The van der Waals surface area contributed by atoms with Crippen LogP contribution in [0.15, 0.2) is 22.6 Å². The highest BCUT2D eigenvalue weighted by atomic mass is 16.3. The van der Waals surface area contributed by atoms with Gasteiger partial charge in [0.1, 0.15) is 5.52 Å². The van der Waals surface area contributed by atoms with Crippen LogP contribution in [-0.4, -0.2) is 11.0 Å². The summed E-state index contributed by atoms with van der Waals surface area (Å²) in [6.45, 7) is 1.87. The number of oxazole rings is 1. The monoisotopic (exact) mass is 188 g/mol. The van der Waals surface area contributed by atoms with Crippen molar-refractivity contribution in [1.82, 2.24) is 4.98 Å². The molecule has 3 rings (SSSR count). The third-order valence-corrected chi connectivity index (χ3v) is 2.44. The average Bonchev–Trinajstić information content (AvgIpc) is 2.86. The van der Waals surface area contributed by atoms with Gasteiger partial charge in [0, 0.05) is 24.7 Å². The molecule has 0 spiro atoms. The summed E-state index contributed by atoms with van der Waals surface area (Å²) >= 11 is 0. The van der Waals surface area contributed by atoms with Gasteiger partial charge in [-0.25, -0.2) is 4.98 Å². The summed E-state index contributed by atoms with van der Waals surface area (Å²) < 4.78 is 5.46. The molecule has 1 fully saturated rings. The molecule has 1 N–H and O–H groups in total. The van der Waals surface area contributed by atoms with Crippen LogP contribution in [-0.2, 0) is 0 Å². The Morgan fingerprint density at radius 2 is 2.29 bits per heavy atom. The van der Waals surface area contributed by atoms with E-state index in [0.29, 0.717) is 6.04 Å². The van der Waals surface area contributed by atoms with E-state index in [2.05, 4.69) is 16.4 Å². The van der Waals surface area contributed by atoms with E-state index < -0.39 is 0 Å². The largest absolute Gasteiger partial charge is 0.441 e. The van der Waals surface area contributed by atoms with Gasteiger partial charge in [0.15, 0.2) is 11.5 Å².